The van der Waals surface area contributed by atoms with Gasteiger partial charge in [-0.1, -0.05) is 18.5 Å². The Morgan fingerprint density at radius 1 is 1.71 bits per heavy atom. The fourth-order valence-corrected chi connectivity index (χ4v) is 3.97. The van der Waals surface area contributed by atoms with Crippen LogP contribution in [0.4, 0.5) is 0 Å². The molecule has 2 rings (SSSR count). The molecule has 2 nitrogen and oxygen atoms in total. The average molecular weight is 339 g/mol. The molecule has 0 aliphatic carbocycles. The third-order valence-corrected chi connectivity index (χ3v) is 5.48. The second-order valence-corrected chi connectivity index (χ2v) is 7.06. The first-order valence-corrected chi connectivity index (χ1v) is 8.00. The SMILES string of the molecule is CCCNC(c1cc(Cl)c(Br)s1)C1CCCO1. The first kappa shape index (κ1) is 13.8. The second-order valence-electron chi connectivity index (χ2n) is 4.25. The van der Waals surface area contributed by atoms with E-state index in [2.05, 4.69) is 28.2 Å². The maximum absolute atomic E-state index is 6.11. The van der Waals surface area contributed by atoms with Crippen molar-refractivity contribution >= 4 is 38.9 Å². The van der Waals surface area contributed by atoms with E-state index in [4.69, 9.17) is 16.3 Å². The zero-order valence-corrected chi connectivity index (χ0v) is 13.0. The van der Waals surface area contributed by atoms with E-state index in [1.807, 2.05) is 6.07 Å². The molecule has 1 N–H and O–H groups in total. The van der Waals surface area contributed by atoms with Crippen LogP contribution in [0.1, 0.15) is 37.1 Å². The van der Waals surface area contributed by atoms with E-state index < -0.39 is 0 Å². The molecule has 1 aliphatic rings. The number of rotatable bonds is 5. The van der Waals surface area contributed by atoms with Crippen molar-refractivity contribution in [1.82, 2.24) is 5.32 Å². The van der Waals surface area contributed by atoms with Crippen molar-refractivity contribution in [2.24, 2.45) is 0 Å². The van der Waals surface area contributed by atoms with Gasteiger partial charge in [0.1, 0.15) is 0 Å². The number of hydrogen-bond donors (Lipinski definition) is 1. The summed E-state index contributed by atoms with van der Waals surface area (Å²) in [5.41, 5.74) is 0. The molecule has 1 aromatic rings. The second kappa shape index (κ2) is 6.53. The summed E-state index contributed by atoms with van der Waals surface area (Å²) in [5, 5.41) is 4.37. The Bertz CT molecular complexity index is 346. The summed E-state index contributed by atoms with van der Waals surface area (Å²) in [7, 11) is 0. The molecule has 96 valence electrons. The van der Waals surface area contributed by atoms with Crippen molar-refractivity contribution in [1.29, 1.82) is 0 Å². The molecule has 0 radical (unpaired) electrons. The maximum Gasteiger partial charge on any atom is 0.0888 e. The van der Waals surface area contributed by atoms with Gasteiger partial charge in [-0.25, -0.2) is 0 Å². The molecule has 2 atom stereocenters. The van der Waals surface area contributed by atoms with Crippen LogP contribution in [0, 0.1) is 0 Å². The number of thiophene rings is 1. The maximum atomic E-state index is 6.11. The molecule has 0 saturated carbocycles. The van der Waals surface area contributed by atoms with Crippen LogP contribution in [0.5, 0.6) is 0 Å². The van der Waals surface area contributed by atoms with Gasteiger partial charge in [0, 0.05) is 11.5 Å². The van der Waals surface area contributed by atoms with Gasteiger partial charge in [-0.15, -0.1) is 11.3 Å². The van der Waals surface area contributed by atoms with Crippen LogP contribution in [0.15, 0.2) is 9.85 Å². The van der Waals surface area contributed by atoms with E-state index >= 15 is 0 Å². The monoisotopic (exact) mass is 337 g/mol. The Kier molecular flexibility index (Phi) is 5.30. The Morgan fingerprint density at radius 2 is 2.53 bits per heavy atom. The largest absolute Gasteiger partial charge is 0.376 e. The first-order valence-electron chi connectivity index (χ1n) is 6.02. The minimum atomic E-state index is 0.284. The highest BCUT2D eigenvalue weighted by atomic mass is 79.9. The molecule has 1 saturated heterocycles. The lowest BCUT2D eigenvalue weighted by Crippen LogP contribution is -2.31. The topological polar surface area (TPSA) is 21.3 Å². The van der Waals surface area contributed by atoms with Gasteiger partial charge in [0.15, 0.2) is 0 Å². The molecule has 1 aromatic heterocycles. The standard InChI is InChI=1S/C12H17BrClNOS/c1-2-5-15-11(9-4-3-6-16-9)10-7-8(14)12(13)17-10/h7,9,11,15H,2-6H2,1H3. The molecule has 2 heterocycles. The van der Waals surface area contributed by atoms with Crippen molar-refractivity contribution in [3.8, 4) is 0 Å². The van der Waals surface area contributed by atoms with E-state index in [1.54, 1.807) is 11.3 Å². The van der Waals surface area contributed by atoms with E-state index in [-0.39, 0.29) is 6.04 Å². The lowest BCUT2D eigenvalue weighted by Gasteiger charge is -2.23. The van der Waals surface area contributed by atoms with Gasteiger partial charge in [-0.3, -0.25) is 0 Å². The number of ether oxygens (including phenoxy) is 1. The van der Waals surface area contributed by atoms with Crippen LogP contribution >= 0.6 is 38.9 Å². The van der Waals surface area contributed by atoms with E-state index in [9.17, 15) is 0 Å². The van der Waals surface area contributed by atoms with Gasteiger partial charge >= 0.3 is 0 Å². The fourth-order valence-electron chi connectivity index (χ4n) is 2.10. The minimum Gasteiger partial charge on any atom is -0.376 e. The van der Waals surface area contributed by atoms with Gasteiger partial charge in [0.05, 0.1) is 21.0 Å². The van der Waals surface area contributed by atoms with Crippen molar-refractivity contribution in [2.45, 2.75) is 38.3 Å². The Hall–Kier alpha value is 0.390. The Labute approximate surface area is 120 Å². The zero-order valence-electron chi connectivity index (χ0n) is 9.84. The quantitative estimate of drug-likeness (QED) is 0.860. The van der Waals surface area contributed by atoms with Gasteiger partial charge in [-0.2, -0.15) is 0 Å². The lowest BCUT2D eigenvalue weighted by atomic mass is 10.1. The zero-order chi connectivity index (χ0) is 12.3. The molecule has 5 heteroatoms. The Morgan fingerprint density at radius 3 is 3.06 bits per heavy atom. The minimum absolute atomic E-state index is 0.284. The summed E-state index contributed by atoms with van der Waals surface area (Å²) in [5.74, 6) is 0. The third kappa shape index (κ3) is 3.44. The van der Waals surface area contributed by atoms with E-state index in [1.165, 1.54) is 4.88 Å². The van der Waals surface area contributed by atoms with Gasteiger partial charge in [-0.05, 0) is 47.8 Å². The summed E-state index contributed by atoms with van der Waals surface area (Å²) >= 11 is 11.3. The van der Waals surface area contributed by atoms with Crippen molar-refractivity contribution in [3.63, 3.8) is 0 Å². The molecule has 0 spiro atoms. The molecule has 1 fully saturated rings. The summed E-state index contributed by atoms with van der Waals surface area (Å²) in [4.78, 5) is 1.27. The van der Waals surface area contributed by atoms with Gasteiger partial charge < -0.3 is 10.1 Å². The summed E-state index contributed by atoms with van der Waals surface area (Å²) in [6, 6.07) is 2.33. The summed E-state index contributed by atoms with van der Waals surface area (Å²) in [6.07, 6.45) is 3.72. The van der Waals surface area contributed by atoms with Crippen LogP contribution in [-0.2, 0) is 4.74 Å². The number of nitrogens with one attached hydrogen (secondary N) is 1. The molecule has 0 aromatic carbocycles. The average Bonchev–Trinajstić information content (AvgIpc) is 2.92. The molecule has 0 bridgehead atoms. The van der Waals surface area contributed by atoms with Crippen LogP contribution in [0.25, 0.3) is 0 Å². The molecule has 1 aliphatic heterocycles. The molecular formula is C12H17BrClNOS. The van der Waals surface area contributed by atoms with Crippen LogP contribution in [0.3, 0.4) is 0 Å². The van der Waals surface area contributed by atoms with Gasteiger partial charge in [0.2, 0.25) is 0 Å². The highest BCUT2D eigenvalue weighted by molar-refractivity contribution is 9.11. The highest BCUT2D eigenvalue weighted by Gasteiger charge is 2.28. The van der Waals surface area contributed by atoms with Crippen LogP contribution in [-0.4, -0.2) is 19.3 Å². The summed E-state index contributed by atoms with van der Waals surface area (Å²) < 4.78 is 6.81. The molecule has 0 amide bonds. The van der Waals surface area contributed by atoms with E-state index in [0.29, 0.717) is 6.10 Å². The third-order valence-electron chi connectivity index (χ3n) is 2.92. The molecular weight excluding hydrogens is 322 g/mol. The lowest BCUT2D eigenvalue weighted by molar-refractivity contribution is 0.0793. The Balaban J connectivity index is 2.13. The number of hydrogen-bond acceptors (Lipinski definition) is 3. The molecule has 2 unspecified atom stereocenters. The van der Waals surface area contributed by atoms with E-state index in [0.717, 1.165) is 41.2 Å². The smallest absolute Gasteiger partial charge is 0.0888 e. The van der Waals surface area contributed by atoms with Crippen LogP contribution in [0.2, 0.25) is 5.02 Å². The summed E-state index contributed by atoms with van der Waals surface area (Å²) in [6.45, 7) is 4.07. The first-order chi connectivity index (χ1) is 8.22. The predicted octanol–water partition coefficient (Wildman–Crippen LogP) is 4.38. The fraction of sp³-hybridized carbons (Fsp3) is 0.667. The van der Waals surface area contributed by atoms with Gasteiger partial charge in [0.25, 0.3) is 0 Å². The molecule has 17 heavy (non-hydrogen) atoms. The van der Waals surface area contributed by atoms with Crippen molar-refractivity contribution in [2.75, 3.05) is 13.2 Å². The van der Waals surface area contributed by atoms with Crippen molar-refractivity contribution < 1.29 is 4.74 Å². The van der Waals surface area contributed by atoms with Crippen molar-refractivity contribution in [3.05, 3.63) is 19.8 Å². The highest BCUT2D eigenvalue weighted by Crippen LogP contribution is 2.38. The normalized spacial score (nSPS) is 21.9. The predicted molar refractivity (Wildman–Crippen MR) is 77.0 cm³/mol. The van der Waals surface area contributed by atoms with Crippen LogP contribution < -0.4 is 5.32 Å². The number of halogens is 2.